The third-order valence-corrected chi connectivity index (χ3v) is 3.63. The fraction of sp³-hybridized carbons (Fsp3) is 0.571. The molecule has 1 fully saturated rings. The Morgan fingerprint density at radius 2 is 1.88 bits per heavy atom. The summed E-state index contributed by atoms with van der Waals surface area (Å²) in [7, 11) is 0. The molecule has 0 radical (unpaired) electrons. The van der Waals surface area contributed by atoms with Gasteiger partial charge in [-0.1, -0.05) is 24.3 Å². The monoisotopic (exact) mass is 233 g/mol. The Balaban J connectivity index is 1.99. The number of hydrogen-bond acceptors (Lipinski definition) is 3. The maximum absolute atomic E-state index is 5.78. The lowest BCUT2D eigenvalue weighted by atomic mass is 10.00. The van der Waals surface area contributed by atoms with Crippen LogP contribution in [0.3, 0.4) is 0 Å². The summed E-state index contributed by atoms with van der Waals surface area (Å²) >= 11 is 0. The number of nitrogens with two attached hydrogens (primary N) is 1. The van der Waals surface area contributed by atoms with Gasteiger partial charge in [-0.15, -0.1) is 0 Å². The summed E-state index contributed by atoms with van der Waals surface area (Å²) in [6, 6.07) is 9.13. The summed E-state index contributed by atoms with van der Waals surface area (Å²) < 4.78 is 0. The van der Waals surface area contributed by atoms with E-state index in [4.69, 9.17) is 5.73 Å². The van der Waals surface area contributed by atoms with Crippen LogP contribution in [0.4, 0.5) is 0 Å². The first-order valence-corrected chi connectivity index (χ1v) is 6.53. The molecule has 1 aromatic rings. The Morgan fingerprint density at radius 1 is 1.24 bits per heavy atom. The molecule has 1 unspecified atom stereocenters. The van der Waals surface area contributed by atoms with E-state index in [1.54, 1.807) is 0 Å². The van der Waals surface area contributed by atoms with E-state index in [9.17, 15) is 0 Å². The van der Waals surface area contributed by atoms with Crippen LogP contribution < -0.4 is 11.1 Å². The Labute approximate surface area is 104 Å². The second kappa shape index (κ2) is 6.15. The van der Waals surface area contributed by atoms with Gasteiger partial charge in [-0.05, 0) is 24.5 Å². The molecule has 1 aliphatic rings. The summed E-state index contributed by atoms with van der Waals surface area (Å²) in [5.74, 6) is 0. The minimum absolute atomic E-state index is 0.602. The molecule has 1 atom stereocenters. The van der Waals surface area contributed by atoms with Gasteiger partial charge in [0, 0.05) is 38.8 Å². The third-order valence-electron chi connectivity index (χ3n) is 3.63. The lowest BCUT2D eigenvalue weighted by Crippen LogP contribution is -2.48. The second-order valence-corrected chi connectivity index (χ2v) is 4.81. The maximum Gasteiger partial charge on any atom is 0.0180 e. The van der Waals surface area contributed by atoms with Crippen LogP contribution in [0.5, 0.6) is 0 Å². The van der Waals surface area contributed by atoms with Gasteiger partial charge in [-0.25, -0.2) is 0 Å². The highest BCUT2D eigenvalue weighted by molar-refractivity contribution is 5.27. The van der Waals surface area contributed by atoms with Gasteiger partial charge in [0.2, 0.25) is 0 Å². The Kier molecular flexibility index (Phi) is 4.54. The van der Waals surface area contributed by atoms with Crippen molar-refractivity contribution in [2.45, 2.75) is 25.9 Å². The molecule has 1 aromatic carbocycles. The Morgan fingerprint density at radius 3 is 2.53 bits per heavy atom. The van der Waals surface area contributed by atoms with Crippen molar-refractivity contribution in [3.05, 3.63) is 35.4 Å². The SMILES string of the molecule is CC(Cc1ccccc1CN)N1CCNCC1. The van der Waals surface area contributed by atoms with Crippen molar-refractivity contribution in [3.63, 3.8) is 0 Å². The topological polar surface area (TPSA) is 41.3 Å². The molecule has 0 spiro atoms. The third kappa shape index (κ3) is 3.28. The first-order valence-electron chi connectivity index (χ1n) is 6.53. The molecule has 94 valence electrons. The van der Waals surface area contributed by atoms with Crippen LogP contribution in [0.15, 0.2) is 24.3 Å². The van der Waals surface area contributed by atoms with Crippen LogP contribution in [0.2, 0.25) is 0 Å². The first kappa shape index (κ1) is 12.6. The molecule has 2 rings (SSSR count). The van der Waals surface area contributed by atoms with Crippen molar-refractivity contribution >= 4 is 0 Å². The Hall–Kier alpha value is -0.900. The predicted octanol–water partition coefficient (Wildman–Crippen LogP) is 0.982. The number of nitrogens with zero attached hydrogens (tertiary/aromatic N) is 1. The Bertz CT molecular complexity index is 345. The number of nitrogens with one attached hydrogen (secondary N) is 1. The summed E-state index contributed by atoms with van der Waals surface area (Å²) in [6.07, 6.45) is 1.10. The molecule has 0 aliphatic carbocycles. The van der Waals surface area contributed by atoms with Crippen LogP contribution in [-0.2, 0) is 13.0 Å². The van der Waals surface area contributed by atoms with Gasteiger partial charge in [0.15, 0.2) is 0 Å². The van der Waals surface area contributed by atoms with Crippen molar-refractivity contribution in [1.29, 1.82) is 0 Å². The zero-order chi connectivity index (χ0) is 12.1. The average Bonchev–Trinajstić information content (AvgIpc) is 2.40. The van der Waals surface area contributed by atoms with E-state index in [-0.39, 0.29) is 0 Å². The van der Waals surface area contributed by atoms with E-state index in [0.29, 0.717) is 12.6 Å². The van der Waals surface area contributed by atoms with Crippen LogP contribution >= 0.6 is 0 Å². The predicted molar refractivity (Wildman–Crippen MR) is 71.9 cm³/mol. The van der Waals surface area contributed by atoms with Gasteiger partial charge in [0.25, 0.3) is 0 Å². The standard InChI is InChI=1S/C14H23N3/c1-12(17-8-6-16-7-9-17)10-13-4-2-3-5-14(13)11-15/h2-5,12,16H,6-11,15H2,1H3. The van der Waals surface area contributed by atoms with Crippen molar-refractivity contribution in [1.82, 2.24) is 10.2 Å². The van der Waals surface area contributed by atoms with Gasteiger partial charge >= 0.3 is 0 Å². The van der Waals surface area contributed by atoms with E-state index in [1.165, 1.54) is 11.1 Å². The molecule has 0 bridgehead atoms. The molecular formula is C14H23N3. The highest BCUT2D eigenvalue weighted by atomic mass is 15.2. The highest BCUT2D eigenvalue weighted by Gasteiger charge is 2.17. The molecule has 3 heteroatoms. The van der Waals surface area contributed by atoms with E-state index < -0.39 is 0 Å². The molecule has 0 aromatic heterocycles. The fourth-order valence-corrected chi connectivity index (χ4v) is 2.53. The van der Waals surface area contributed by atoms with Crippen molar-refractivity contribution in [3.8, 4) is 0 Å². The van der Waals surface area contributed by atoms with E-state index in [1.807, 2.05) is 0 Å². The molecule has 3 N–H and O–H groups in total. The number of hydrogen-bond donors (Lipinski definition) is 2. The summed E-state index contributed by atoms with van der Waals surface area (Å²) in [6.45, 7) is 7.51. The first-order chi connectivity index (χ1) is 8.31. The molecular weight excluding hydrogens is 210 g/mol. The molecule has 1 aliphatic heterocycles. The molecule has 0 saturated carbocycles. The highest BCUT2D eigenvalue weighted by Crippen LogP contribution is 2.14. The summed E-state index contributed by atoms with van der Waals surface area (Å²) in [5, 5.41) is 3.39. The van der Waals surface area contributed by atoms with E-state index in [2.05, 4.69) is 41.4 Å². The zero-order valence-electron chi connectivity index (χ0n) is 10.7. The largest absolute Gasteiger partial charge is 0.326 e. The minimum atomic E-state index is 0.602. The van der Waals surface area contributed by atoms with Gasteiger partial charge in [-0.2, -0.15) is 0 Å². The van der Waals surface area contributed by atoms with Gasteiger partial charge in [0.1, 0.15) is 0 Å². The molecule has 1 heterocycles. The average molecular weight is 233 g/mol. The van der Waals surface area contributed by atoms with Crippen molar-refractivity contribution in [2.75, 3.05) is 26.2 Å². The lowest BCUT2D eigenvalue weighted by molar-refractivity contribution is 0.183. The lowest BCUT2D eigenvalue weighted by Gasteiger charge is -2.33. The van der Waals surface area contributed by atoms with Crippen LogP contribution in [-0.4, -0.2) is 37.1 Å². The number of piperazine rings is 1. The molecule has 1 saturated heterocycles. The minimum Gasteiger partial charge on any atom is -0.326 e. The summed E-state index contributed by atoms with van der Waals surface area (Å²) in [4.78, 5) is 2.56. The van der Waals surface area contributed by atoms with Crippen molar-refractivity contribution in [2.24, 2.45) is 5.73 Å². The quantitative estimate of drug-likeness (QED) is 0.814. The van der Waals surface area contributed by atoms with Crippen LogP contribution in [0.1, 0.15) is 18.1 Å². The van der Waals surface area contributed by atoms with Gasteiger partial charge in [0.05, 0.1) is 0 Å². The maximum atomic E-state index is 5.78. The van der Waals surface area contributed by atoms with Crippen LogP contribution in [0, 0.1) is 0 Å². The normalized spacial score (nSPS) is 19.2. The smallest absolute Gasteiger partial charge is 0.0180 e. The van der Waals surface area contributed by atoms with Gasteiger partial charge in [-0.3, -0.25) is 4.90 Å². The second-order valence-electron chi connectivity index (χ2n) is 4.81. The summed E-state index contributed by atoms with van der Waals surface area (Å²) in [5.41, 5.74) is 8.47. The fourth-order valence-electron chi connectivity index (χ4n) is 2.53. The van der Waals surface area contributed by atoms with Crippen LogP contribution in [0.25, 0.3) is 0 Å². The molecule has 17 heavy (non-hydrogen) atoms. The van der Waals surface area contributed by atoms with E-state index in [0.717, 1.165) is 32.6 Å². The van der Waals surface area contributed by atoms with Crippen molar-refractivity contribution < 1.29 is 0 Å². The van der Waals surface area contributed by atoms with E-state index >= 15 is 0 Å². The van der Waals surface area contributed by atoms with Gasteiger partial charge < -0.3 is 11.1 Å². The molecule has 0 amide bonds. The number of benzene rings is 1. The molecule has 3 nitrogen and oxygen atoms in total. The number of rotatable bonds is 4. The zero-order valence-corrected chi connectivity index (χ0v) is 10.7.